The predicted octanol–water partition coefficient (Wildman–Crippen LogP) is 5.73. The average molecular weight is 635 g/mol. The maximum absolute atomic E-state index is 12.9. The van der Waals surface area contributed by atoms with Crippen molar-refractivity contribution < 1.29 is 18.0 Å². The maximum atomic E-state index is 12.9. The first kappa shape index (κ1) is 29.9. The van der Waals surface area contributed by atoms with Crippen LogP contribution in [-0.4, -0.2) is 45.6 Å². The number of anilines is 1. The van der Waals surface area contributed by atoms with Gasteiger partial charge in [0.05, 0.1) is 21.9 Å². The SMILES string of the molecule is CC(=O)c1ccc(NC(=O)CSc2nnc(-c3cc(-c4ccc(S(N)(=O)=O)cc4)nc4ccccc34)n2-c2ccccc2)cc1. The Kier molecular flexibility index (Phi) is 8.26. The number of thioether (sulfide) groups is 1. The van der Waals surface area contributed by atoms with Gasteiger partial charge in [-0.1, -0.05) is 60.3 Å². The number of nitrogens with zero attached hydrogens (tertiary/aromatic N) is 4. The van der Waals surface area contributed by atoms with Gasteiger partial charge in [0, 0.05) is 33.5 Å². The van der Waals surface area contributed by atoms with E-state index in [0.29, 0.717) is 39.0 Å². The molecule has 0 aliphatic heterocycles. The summed E-state index contributed by atoms with van der Waals surface area (Å²) in [6, 6.07) is 32.1. The Hall–Kier alpha value is -5.17. The van der Waals surface area contributed by atoms with E-state index in [0.717, 1.165) is 16.6 Å². The van der Waals surface area contributed by atoms with E-state index < -0.39 is 10.0 Å². The largest absolute Gasteiger partial charge is 0.325 e. The molecule has 3 N–H and O–H groups in total. The standard InChI is InChI=1S/C33H26N6O4S2/c1-21(40)22-11-15-24(16-12-22)35-31(41)20-44-33-38-37-32(39(33)25-7-3-2-4-8-25)28-19-30(36-29-10-6-5-9-27(28)29)23-13-17-26(18-14-23)45(34,42)43/h2-19H,20H2,1H3,(H,35,41)(H2,34,42,43). The third-order valence-electron chi connectivity index (χ3n) is 6.99. The molecule has 4 aromatic carbocycles. The lowest BCUT2D eigenvalue weighted by atomic mass is 10.0. The number of sulfonamides is 1. The zero-order valence-corrected chi connectivity index (χ0v) is 25.5. The molecule has 6 rings (SSSR count). The van der Waals surface area contributed by atoms with Crippen molar-refractivity contribution in [3.8, 4) is 28.3 Å². The molecular weight excluding hydrogens is 609 g/mol. The molecule has 0 bridgehead atoms. The van der Waals surface area contributed by atoms with Crippen LogP contribution in [0.15, 0.2) is 119 Å². The fourth-order valence-electron chi connectivity index (χ4n) is 4.79. The van der Waals surface area contributed by atoms with Crippen molar-refractivity contribution in [3.05, 3.63) is 115 Å². The fourth-order valence-corrected chi connectivity index (χ4v) is 6.05. The molecular formula is C33H26N6O4S2. The van der Waals surface area contributed by atoms with Crippen LogP contribution in [0, 0.1) is 0 Å². The second-order valence-electron chi connectivity index (χ2n) is 10.1. The zero-order chi connectivity index (χ0) is 31.6. The van der Waals surface area contributed by atoms with Gasteiger partial charge in [-0.2, -0.15) is 0 Å². The summed E-state index contributed by atoms with van der Waals surface area (Å²) in [6.07, 6.45) is 0. The number of pyridine rings is 1. The van der Waals surface area contributed by atoms with Crippen LogP contribution in [0.4, 0.5) is 5.69 Å². The Balaban J connectivity index is 1.37. The summed E-state index contributed by atoms with van der Waals surface area (Å²) in [4.78, 5) is 29.3. The van der Waals surface area contributed by atoms with Gasteiger partial charge in [-0.25, -0.2) is 18.5 Å². The third-order valence-corrected chi connectivity index (χ3v) is 8.85. The molecule has 0 fully saturated rings. The number of primary sulfonamides is 1. The van der Waals surface area contributed by atoms with Crippen molar-refractivity contribution in [1.29, 1.82) is 0 Å². The molecule has 0 atom stereocenters. The number of carbonyl (C=O) groups excluding carboxylic acids is 2. The Labute approximate surface area is 263 Å². The molecule has 0 unspecified atom stereocenters. The third kappa shape index (κ3) is 6.53. The number of ketones is 1. The Bertz CT molecular complexity index is 2150. The predicted molar refractivity (Wildman–Crippen MR) is 175 cm³/mol. The monoisotopic (exact) mass is 634 g/mol. The van der Waals surface area contributed by atoms with Crippen LogP contribution in [0.5, 0.6) is 0 Å². The van der Waals surface area contributed by atoms with Gasteiger partial charge in [0.25, 0.3) is 0 Å². The number of fused-ring (bicyclic) bond motifs is 1. The molecule has 45 heavy (non-hydrogen) atoms. The molecule has 10 nitrogen and oxygen atoms in total. The average Bonchev–Trinajstić information content (AvgIpc) is 3.47. The summed E-state index contributed by atoms with van der Waals surface area (Å²) in [6.45, 7) is 1.49. The van der Waals surface area contributed by atoms with E-state index in [-0.39, 0.29) is 22.3 Å². The zero-order valence-electron chi connectivity index (χ0n) is 23.9. The van der Waals surface area contributed by atoms with E-state index in [1.165, 1.54) is 30.8 Å². The molecule has 224 valence electrons. The highest BCUT2D eigenvalue weighted by molar-refractivity contribution is 7.99. The molecule has 2 aromatic heterocycles. The first-order valence-corrected chi connectivity index (χ1v) is 16.3. The van der Waals surface area contributed by atoms with Gasteiger partial charge >= 0.3 is 0 Å². The Morgan fingerprint density at radius 3 is 2.24 bits per heavy atom. The first-order valence-electron chi connectivity index (χ1n) is 13.8. The van der Waals surface area contributed by atoms with Gasteiger partial charge in [-0.05, 0) is 67.6 Å². The lowest BCUT2D eigenvalue weighted by Crippen LogP contribution is -2.14. The number of nitrogens with one attached hydrogen (secondary N) is 1. The van der Waals surface area contributed by atoms with Gasteiger partial charge in [0.1, 0.15) is 0 Å². The molecule has 0 spiro atoms. The van der Waals surface area contributed by atoms with Crippen molar-refractivity contribution in [2.45, 2.75) is 17.0 Å². The minimum Gasteiger partial charge on any atom is -0.325 e. The minimum absolute atomic E-state index is 0.00913. The molecule has 0 aliphatic carbocycles. The van der Waals surface area contributed by atoms with Gasteiger partial charge in [0.15, 0.2) is 16.8 Å². The molecule has 0 radical (unpaired) electrons. The van der Waals surface area contributed by atoms with E-state index in [1.807, 2.05) is 65.2 Å². The van der Waals surface area contributed by atoms with E-state index >= 15 is 0 Å². The number of para-hydroxylation sites is 2. The topological polar surface area (TPSA) is 150 Å². The van der Waals surface area contributed by atoms with Crippen LogP contribution >= 0.6 is 11.8 Å². The van der Waals surface area contributed by atoms with Crippen LogP contribution < -0.4 is 10.5 Å². The van der Waals surface area contributed by atoms with Crippen LogP contribution in [0.25, 0.3) is 39.2 Å². The van der Waals surface area contributed by atoms with Crippen molar-refractivity contribution in [1.82, 2.24) is 19.7 Å². The second-order valence-corrected chi connectivity index (χ2v) is 12.6. The van der Waals surface area contributed by atoms with Crippen molar-refractivity contribution in [2.24, 2.45) is 5.14 Å². The van der Waals surface area contributed by atoms with E-state index in [4.69, 9.17) is 10.1 Å². The van der Waals surface area contributed by atoms with Crippen molar-refractivity contribution >= 4 is 50.1 Å². The Morgan fingerprint density at radius 1 is 0.867 bits per heavy atom. The lowest BCUT2D eigenvalue weighted by Gasteiger charge is -2.13. The van der Waals surface area contributed by atoms with Crippen molar-refractivity contribution in [2.75, 3.05) is 11.1 Å². The number of aromatic nitrogens is 4. The molecule has 0 aliphatic rings. The van der Waals surface area contributed by atoms with Crippen LogP contribution in [0.1, 0.15) is 17.3 Å². The van der Waals surface area contributed by atoms with Crippen molar-refractivity contribution in [3.63, 3.8) is 0 Å². The quantitative estimate of drug-likeness (QED) is 0.151. The highest BCUT2D eigenvalue weighted by atomic mass is 32.2. The summed E-state index contributed by atoms with van der Waals surface area (Å²) < 4.78 is 25.5. The first-order chi connectivity index (χ1) is 21.7. The summed E-state index contributed by atoms with van der Waals surface area (Å²) in [5.74, 6) is 0.329. The van der Waals surface area contributed by atoms with Crippen LogP contribution in [0.2, 0.25) is 0 Å². The normalized spacial score (nSPS) is 11.4. The van der Waals surface area contributed by atoms with Gasteiger partial charge in [0.2, 0.25) is 15.9 Å². The van der Waals surface area contributed by atoms with Gasteiger partial charge in [-0.3, -0.25) is 14.2 Å². The van der Waals surface area contributed by atoms with Gasteiger partial charge in [-0.15, -0.1) is 10.2 Å². The number of amides is 1. The van der Waals surface area contributed by atoms with Crippen LogP contribution in [-0.2, 0) is 14.8 Å². The maximum Gasteiger partial charge on any atom is 0.238 e. The highest BCUT2D eigenvalue weighted by Gasteiger charge is 2.21. The van der Waals surface area contributed by atoms with Gasteiger partial charge < -0.3 is 5.32 Å². The number of carbonyl (C=O) groups is 2. The summed E-state index contributed by atoms with van der Waals surface area (Å²) >= 11 is 1.24. The molecule has 1 amide bonds. The summed E-state index contributed by atoms with van der Waals surface area (Å²) in [5.41, 5.74) is 4.73. The minimum atomic E-state index is -3.84. The Morgan fingerprint density at radius 2 is 1.56 bits per heavy atom. The summed E-state index contributed by atoms with van der Waals surface area (Å²) in [5, 5.41) is 18.6. The molecule has 0 saturated carbocycles. The molecule has 6 aromatic rings. The molecule has 12 heteroatoms. The lowest BCUT2D eigenvalue weighted by molar-refractivity contribution is -0.113. The van der Waals surface area contributed by atoms with E-state index in [9.17, 15) is 18.0 Å². The van der Waals surface area contributed by atoms with Crippen LogP contribution in [0.3, 0.4) is 0 Å². The number of hydrogen-bond donors (Lipinski definition) is 2. The number of benzene rings is 4. The number of nitrogens with two attached hydrogens (primary N) is 1. The fraction of sp³-hybridized carbons (Fsp3) is 0.0606. The number of rotatable bonds is 9. The highest BCUT2D eigenvalue weighted by Crippen LogP contribution is 2.35. The second kappa shape index (κ2) is 12.4. The number of hydrogen-bond acceptors (Lipinski definition) is 8. The summed E-state index contributed by atoms with van der Waals surface area (Å²) in [7, 11) is -3.84. The number of Topliss-reactive ketones (excluding diaryl/α,β-unsaturated/α-hetero) is 1. The van der Waals surface area contributed by atoms with E-state index in [1.54, 1.807) is 36.4 Å². The smallest absolute Gasteiger partial charge is 0.238 e. The molecule has 2 heterocycles. The van der Waals surface area contributed by atoms with E-state index in [2.05, 4.69) is 15.5 Å². The molecule has 0 saturated heterocycles.